The van der Waals surface area contributed by atoms with Crippen LogP contribution in [0.15, 0.2) is 16.9 Å². The molecule has 1 heterocycles. The summed E-state index contributed by atoms with van der Waals surface area (Å²) in [5.74, 6) is 0.218. The molecule has 0 N–H and O–H groups in total. The molecule has 1 aromatic rings. The van der Waals surface area contributed by atoms with Crippen molar-refractivity contribution in [1.82, 2.24) is 4.98 Å². The number of hydrogen-bond acceptors (Lipinski definition) is 3. The van der Waals surface area contributed by atoms with Gasteiger partial charge in [-0.25, -0.2) is 9.78 Å². The molecule has 14 heavy (non-hydrogen) atoms. The number of carbonyl (C=O) groups is 1. The second-order valence-electron chi connectivity index (χ2n) is 3.36. The van der Waals surface area contributed by atoms with Crippen molar-refractivity contribution in [2.75, 3.05) is 7.11 Å². The molecular formula is C10H10BrNO2. The fourth-order valence-corrected chi connectivity index (χ4v) is 1.81. The quantitative estimate of drug-likeness (QED) is 0.602. The third kappa shape index (κ3) is 1.80. The molecule has 0 radical (unpaired) electrons. The van der Waals surface area contributed by atoms with Gasteiger partial charge >= 0.3 is 5.97 Å². The van der Waals surface area contributed by atoms with E-state index < -0.39 is 0 Å². The predicted molar refractivity (Wildman–Crippen MR) is 55.3 cm³/mol. The van der Waals surface area contributed by atoms with Crippen LogP contribution in [0, 0.1) is 0 Å². The first-order chi connectivity index (χ1) is 6.72. The molecule has 0 aliphatic heterocycles. The van der Waals surface area contributed by atoms with Gasteiger partial charge in [-0.15, -0.1) is 0 Å². The Kier molecular flexibility index (Phi) is 2.54. The summed E-state index contributed by atoms with van der Waals surface area (Å²) in [6, 6.07) is 1.91. The molecule has 0 bridgehead atoms. The van der Waals surface area contributed by atoms with Crippen LogP contribution >= 0.6 is 15.9 Å². The average molecular weight is 256 g/mol. The zero-order valence-corrected chi connectivity index (χ0v) is 9.37. The van der Waals surface area contributed by atoms with E-state index >= 15 is 0 Å². The van der Waals surface area contributed by atoms with Crippen LogP contribution in [0.4, 0.5) is 0 Å². The Morgan fingerprint density at radius 1 is 1.64 bits per heavy atom. The Bertz CT molecular complexity index is 374. The van der Waals surface area contributed by atoms with E-state index in [1.807, 2.05) is 6.07 Å². The number of aromatic nitrogens is 1. The van der Waals surface area contributed by atoms with Gasteiger partial charge in [0.15, 0.2) is 0 Å². The number of pyridine rings is 1. The van der Waals surface area contributed by atoms with Gasteiger partial charge in [-0.3, -0.25) is 0 Å². The monoisotopic (exact) mass is 255 g/mol. The van der Waals surface area contributed by atoms with E-state index in [4.69, 9.17) is 4.74 Å². The van der Waals surface area contributed by atoms with Gasteiger partial charge in [0.2, 0.25) is 0 Å². The molecule has 74 valence electrons. The zero-order chi connectivity index (χ0) is 10.1. The van der Waals surface area contributed by atoms with Crippen LogP contribution in [-0.2, 0) is 4.74 Å². The van der Waals surface area contributed by atoms with Crippen LogP contribution in [0.5, 0.6) is 0 Å². The molecule has 4 heteroatoms. The lowest BCUT2D eigenvalue weighted by molar-refractivity contribution is 0.0599. The highest BCUT2D eigenvalue weighted by atomic mass is 79.9. The molecule has 0 atom stereocenters. The molecule has 2 rings (SSSR count). The van der Waals surface area contributed by atoms with Crippen molar-refractivity contribution in [1.29, 1.82) is 0 Å². The summed E-state index contributed by atoms with van der Waals surface area (Å²) in [5, 5.41) is 0. The molecule has 1 aromatic heterocycles. The molecule has 1 fully saturated rings. The van der Waals surface area contributed by atoms with Crippen LogP contribution in [-0.4, -0.2) is 18.1 Å². The first kappa shape index (κ1) is 9.65. The summed E-state index contributed by atoms with van der Waals surface area (Å²) in [6.45, 7) is 0. The Morgan fingerprint density at radius 3 is 2.93 bits per heavy atom. The van der Waals surface area contributed by atoms with Crippen molar-refractivity contribution in [3.63, 3.8) is 0 Å². The minimum atomic E-state index is -0.299. The third-order valence-electron chi connectivity index (χ3n) is 2.33. The summed E-state index contributed by atoms with van der Waals surface area (Å²) in [7, 11) is 1.39. The SMILES string of the molecule is COC(=O)c1cnc(Br)cc1C1CC1. The largest absolute Gasteiger partial charge is 0.465 e. The summed E-state index contributed by atoms with van der Waals surface area (Å²) in [6.07, 6.45) is 3.88. The van der Waals surface area contributed by atoms with Gasteiger partial charge in [-0.1, -0.05) is 0 Å². The summed E-state index contributed by atoms with van der Waals surface area (Å²) < 4.78 is 5.47. The van der Waals surface area contributed by atoms with E-state index in [-0.39, 0.29) is 5.97 Å². The van der Waals surface area contributed by atoms with Crippen LogP contribution in [0.25, 0.3) is 0 Å². The van der Waals surface area contributed by atoms with Gasteiger partial charge in [0.25, 0.3) is 0 Å². The lowest BCUT2D eigenvalue weighted by Crippen LogP contribution is -2.06. The average Bonchev–Trinajstić information content (AvgIpc) is 3.00. The van der Waals surface area contributed by atoms with E-state index in [0.29, 0.717) is 11.5 Å². The highest BCUT2D eigenvalue weighted by Gasteiger charge is 2.28. The fraction of sp³-hybridized carbons (Fsp3) is 0.400. The fourth-order valence-electron chi connectivity index (χ4n) is 1.46. The van der Waals surface area contributed by atoms with E-state index in [1.165, 1.54) is 7.11 Å². The molecule has 3 nitrogen and oxygen atoms in total. The minimum absolute atomic E-state index is 0.299. The number of nitrogens with zero attached hydrogens (tertiary/aromatic N) is 1. The molecule has 0 spiro atoms. The summed E-state index contributed by atoms with van der Waals surface area (Å²) >= 11 is 3.30. The van der Waals surface area contributed by atoms with Crippen molar-refractivity contribution in [2.24, 2.45) is 0 Å². The summed E-state index contributed by atoms with van der Waals surface area (Å²) in [4.78, 5) is 15.4. The molecule has 0 saturated heterocycles. The molecule has 1 saturated carbocycles. The van der Waals surface area contributed by atoms with Gasteiger partial charge in [0.1, 0.15) is 4.60 Å². The van der Waals surface area contributed by atoms with E-state index in [1.54, 1.807) is 6.20 Å². The zero-order valence-electron chi connectivity index (χ0n) is 7.79. The van der Waals surface area contributed by atoms with Crippen molar-refractivity contribution < 1.29 is 9.53 Å². The standard InChI is InChI=1S/C10H10BrNO2/c1-14-10(13)8-5-12-9(11)4-7(8)6-2-3-6/h4-6H,2-3H2,1H3. The number of halogens is 1. The maximum absolute atomic E-state index is 11.4. The minimum Gasteiger partial charge on any atom is -0.465 e. The number of hydrogen-bond donors (Lipinski definition) is 0. The highest BCUT2D eigenvalue weighted by molar-refractivity contribution is 9.10. The summed E-state index contributed by atoms with van der Waals surface area (Å²) in [5.41, 5.74) is 1.65. The Labute approximate surface area is 90.6 Å². The highest BCUT2D eigenvalue weighted by Crippen LogP contribution is 2.42. The predicted octanol–water partition coefficient (Wildman–Crippen LogP) is 2.51. The van der Waals surface area contributed by atoms with Crippen LogP contribution in [0.3, 0.4) is 0 Å². The van der Waals surface area contributed by atoms with Crippen molar-refractivity contribution in [3.05, 3.63) is 28.0 Å². The van der Waals surface area contributed by atoms with Gasteiger partial charge in [0.05, 0.1) is 12.7 Å². The molecule has 1 aliphatic carbocycles. The van der Waals surface area contributed by atoms with Gasteiger partial charge in [-0.05, 0) is 46.3 Å². The van der Waals surface area contributed by atoms with E-state index in [0.717, 1.165) is 23.0 Å². The lowest BCUT2D eigenvalue weighted by Gasteiger charge is -2.06. The Balaban J connectivity index is 2.42. The Hall–Kier alpha value is -0.900. The topological polar surface area (TPSA) is 39.2 Å². The number of esters is 1. The maximum atomic E-state index is 11.4. The normalized spacial score (nSPS) is 15.3. The van der Waals surface area contributed by atoms with Crippen LogP contribution in [0.1, 0.15) is 34.7 Å². The van der Waals surface area contributed by atoms with Crippen LogP contribution in [0.2, 0.25) is 0 Å². The van der Waals surface area contributed by atoms with Crippen molar-refractivity contribution in [2.45, 2.75) is 18.8 Å². The lowest BCUT2D eigenvalue weighted by atomic mass is 10.1. The Morgan fingerprint density at radius 2 is 2.36 bits per heavy atom. The maximum Gasteiger partial charge on any atom is 0.339 e. The number of carbonyl (C=O) groups excluding carboxylic acids is 1. The van der Waals surface area contributed by atoms with E-state index in [9.17, 15) is 4.79 Å². The molecular weight excluding hydrogens is 246 g/mol. The number of methoxy groups -OCH3 is 1. The second-order valence-corrected chi connectivity index (χ2v) is 4.17. The number of ether oxygens (including phenoxy) is 1. The molecule has 0 unspecified atom stereocenters. The molecule has 1 aliphatic rings. The molecule has 0 amide bonds. The van der Waals surface area contributed by atoms with Crippen LogP contribution < -0.4 is 0 Å². The smallest absolute Gasteiger partial charge is 0.339 e. The molecule has 0 aromatic carbocycles. The second kappa shape index (κ2) is 3.69. The first-order valence-electron chi connectivity index (χ1n) is 4.46. The van der Waals surface area contributed by atoms with Crippen molar-refractivity contribution >= 4 is 21.9 Å². The van der Waals surface area contributed by atoms with Gasteiger partial charge in [0, 0.05) is 6.20 Å². The van der Waals surface area contributed by atoms with Crippen molar-refractivity contribution in [3.8, 4) is 0 Å². The first-order valence-corrected chi connectivity index (χ1v) is 5.25. The third-order valence-corrected chi connectivity index (χ3v) is 2.76. The van der Waals surface area contributed by atoms with Gasteiger partial charge in [-0.2, -0.15) is 0 Å². The number of rotatable bonds is 2. The van der Waals surface area contributed by atoms with E-state index in [2.05, 4.69) is 20.9 Å². The van der Waals surface area contributed by atoms with Gasteiger partial charge < -0.3 is 4.74 Å².